The molecule has 0 heterocycles. The minimum atomic E-state index is -2.01. The van der Waals surface area contributed by atoms with Crippen molar-refractivity contribution in [2.24, 2.45) is 0 Å². The molecular weight excluding hydrogens is 345 g/mol. The second kappa shape index (κ2) is 5.73. The topological polar surface area (TPSA) is 29.5 Å². The number of hydrogen-bond donors (Lipinski definition) is 0. The summed E-state index contributed by atoms with van der Waals surface area (Å²) in [6, 6.07) is 8.29. The van der Waals surface area contributed by atoms with Gasteiger partial charge in [0.2, 0.25) is 0 Å². The number of anilines is 1. The van der Waals surface area contributed by atoms with Gasteiger partial charge in [-0.05, 0) is 0 Å². The van der Waals surface area contributed by atoms with Crippen molar-refractivity contribution in [1.82, 2.24) is 0 Å². The molecule has 0 aromatic heterocycles. The van der Waals surface area contributed by atoms with E-state index in [4.69, 9.17) is 4.74 Å². The summed E-state index contributed by atoms with van der Waals surface area (Å²) in [5, 5.41) is 0. The van der Waals surface area contributed by atoms with Crippen molar-refractivity contribution in [3.05, 3.63) is 24.3 Å². The molecular formula is C15H25NO2Sn. The summed E-state index contributed by atoms with van der Waals surface area (Å²) in [6.07, 6.45) is -0.320. The van der Waals surface area contributed by atoms with E-state index in [0.717, 1.165) is 5.69 Å². The van der Waals surface area contributed by atoms with Gasteiger partial charge in [-0.2, -0.15) is 0 Å². The van der Waals surface area contributed by atoms with Gasteiger partial charge in [0, 0.05) is 0 Å². The second-order valence-electron chi connectivity index (χ2n) is 6.84. The van der Waals surface area contributed by atoms with Crippen LogP contribution in [0.5, 0.6) is 0 Å². The quantitative estimate of drug-likeness (QED) is 0.745. The van der Waals surface area contributed by atoms with Gasteiger partial charge in [-0.15, -0.1) is 0 Å². The maximum atomic E-state index is 12.0. The van der Waals surface area contributed by atoms with Crippen molar-refractivity contribution in [3.8, 4) is 0 Å². The van der Waals surface area contributed by atoms with Crippen LogP contribution in [0, 0.1) is 0 Å². The third kappa shape index (κ3) is 5.05. The predicted octanol–water partition coefficient (Wildman–Crippen LogP) is 3.60. The average molecular weight is 370 g/mol. The summed E-state index contributed by atoms with van der Waals surface area (Å²) >= 11 is -2.01. The van der Waals surface area contributed by atoms with E-state index in [-0.39, 0.29) is 6.09 Å². The van der Waals surface area contributed by atoms with Crippen LogP contribution in [-0.2, 0) is 4.74 Å². The first kappa shape index (κ1) is 16.3. The summed E-state index contributed by atoms with van der Waals surface area (Å²) in [6.45, 7) is 5.61. The third-order valence-corrected chi connectivity index (χ3v) is 8.68. The SMILES string of the molecule is CN(C(=O)OC(C)(C)C)c1cc[c]([Sn]([CH3])([CH3])[CH3])cc1. The van der Waals surface area contributed by atoms with Gasteiger partial charge in [0.15, 0.2) is 0 Å². The van der Waals surface area contributed by atoms with Crippen LogP contribution in [-0.4, -0.2) is 37.1 Å². The Labute approximate surface area is 120 Å². The average Bonchev–Trinajstić information content (AvgIpc) is 2.24. The molecule has 1 rings (SSSR count). The van der Waals surface area contributed by atoms with Gasteiger partial charge in [-0.3, -0.25) is 0 Å². The Balaban J connectivity index is 2.84. The Morgan fingerprint density at radius 2 is 1.58 bits per heavy atom. The molecule has 0 spiro atoms. The Morgan fingerprint density at radius 3 is 1.95 bits per heavy atom. The standard InChI is InChI=1S/C12H16NO2.3CH3.Sn/c1-12(2,3)15-11(14)13(4)10-8-6-5-7-9-10;;;;/h6-9H,1-4H3;3*1H3;. The van der Waals surface area contributed by atoms with E-state index < -0.39 is 24.0 Å². The summed E-state index contributed by atoms with van der Waals surface area (Å²) in [7, 11) is 1.74. The second-order valence-corrected chi connectivity index (χ2v) is 21.3. The Bertz CT molecular complexity index is 441. The molecule has 0 bridgehead atoms. The predicted molar refractivity (Wildman–Crippen MR) is 84.1 cm³/mol. The van der Waals surface area contributed by atoms with Crippen LogP contribution < -0.4 is 8.48 Å². The number of benzene rings is 1. The first-order valence-electron chi connectivity index (χ1n) is 6.58. The van der Waals surface area contributed by atoms with Crippen LogP contribution in [0.15, 0.2) is 24.3 Å². The summed E-state index contributed by atoms with van der Waals surface area (Å²) in [4.78, 5) is 20.6. The van der Waals surface area contributed by atoms with Crippen molar-refractivity contribution in [2.45, 2.75) is 41.2 Å². The number of nitrogens with zero attached hydrogens (tertiary/aromatic N) is 1. The van der Waals surface area contributed by atoms with E-state index in [1.807, 2.05) is 32.9 Å². The van der Waals surface area contributed by atoms with Crippen LogP contribution in [0.4, 0.5) is 10.5 Å². The Morgan fingerprint density at radius 1 is 1.11 bits per heavy atom. The van der Waals surface area contributed by atoms with E-state index in [1.165, 1.54) is 3.58 Å². The Hall–Kier alpha value is -0.711. The molecule has 3 nitrogen and oxygen atoms in total. The molecule has 0 radical (unpaired) electrons. The van der Waals surface area contributed by atoms with E-state index in [0.29, 0.717) is 0 Å². The monoisotopic (exact) mass is 371 g/mol. The number of ether oxygens (including phenoxy) is 1. The summed E-state index contributed by atoms with van der Waals surface area (Å²) in [5.41, 5.74) is 0.404. The van der Waals surface area contributed by atoms with Crippen molar-refractivity contribution < 1.29 is 9.53 Å². The van der Waals surface area contributed by atoms with Gasteiger partial charge in [0.05, 0.1) is 0 Å². The molecule has 0 N–H and O–H groups in total. The fraction of sp³-hybridized carbons (Fsp3) is 0.533. The minimum absolute atomic E-state index is 0.320. The molecule has 1 amide bonds. The Kier molecular flexibility index (Phi) is 4.93. The molecule has 0 fully saturated rings. The van der Waals surface area contributed by atoms with E-state index >= 15 is 0 Å². The number of carbonyl (C=O) groups excluding carboxylic acids is 1. The molecule has 4 heteroatoms. The molecule has 106 valence electrons. The van der Waals surface area contributed by atoms with E-state index in [1.54, 1.807) is 11.9 Å². The van der Waals surface area contributed by atoms with Gasteiger partial charge in [-0.1, -0.05) is 0 Å². The van der Waals surface area contributed by atoms with Crippen LogP contribution in [0.1, 0.15) is 20.8 Å². The van der Waals surface area contributed by atoms with Gasteiger partial charge < -0.3 is 0 Å². The van der Waals surface area contributed by atoms with Gasteiger partial charge in [-0.25, -0.2) is 0 Å². The van der Waals surface area contributed by atoms with Gasteiger partial charge in [0.25, 0.3) is 0 Å². The zero-order valence-electron chi connectivity index (χ0n) is 13.1. The summed E-state index contributed by atoms with van der Waals surface area (Å²) < 4.78 is 6.81. The van der Waals surface area contributed by atoms with Crippen molar-refractivity contribution in [1.29, 1.82) is 0 Å². The zero-order valence-corrected chi connectivity index (χ0v) is 15.9. The molecule has 0 aliphatic heterocycles. The van der Waals surface area contributed by atoms with Crippen molar-refractivity contribution in [3.63, 3.8) is 0 Å². The number of amides is 1. The van der Waals surface area contributed by atoms with Crippen molar-refractivity contribution >= 4 is 33.7 Å². The number of rotatable bonds is 2. The third-order valence-electron chi connectivity index (χ3n) is 2.79. The fourth-order valence-electron chi connectivity index (χ4n) is 1.62. The molecule has 1 aromatic carbocycles. The van der Waals surface area contributed by atoms with E-state index in [9.17, 15) is 4.79 Å². The first-order valence-corrected chi connectivity index (χ1v) is 16.6. The molecule has 0 atom stereocenters. The summed E-state index contributed by atoms with van der Waals surface area (Å²) in [5.74, 6) is 0. The first-order chi connectivity index (χ1) is 8.50. The molecule has 1 aromatic rings. The zero-order chi connectivity index (χ0) is 14.8. The van der Waals surface area contributed by atoms with Crippen LogP contribution in [0.25, 0.3) is 0 Å². The normalized spacial score (nSPS) is 12.2. The van der Waals surface area contributed by atoms with E-state index in [2.05, 4.69) is 27.0 Å². The molecule has 19 heavy (non-hydrogen) atoms. The molecule has 0 saturated heterocycles. The van der Waals surface area contributed by atoms with Crippen LogP contribution >= 0.6 is 0 Å². The van der Waals surface area contributed by atoms with Gasteiger partial charge >= 0.3 is 121 Å². The number of hydrogen-bond acceptors (Lipinski definition) is 2. The van der Waals surface area contributed by atoms with Crippen LogP contribution in [0.2, 0.25) is 14.8 Å². The molecule has 0 aliphatic carbocycles. The van der Waals surface area contributed by atoms with Gasteiger partial charge in [0.1, 0.15) is 0 Å². The maximum absolute atomic E-state index is 12.0. The molecule has 0 aliphatic rings. The number of carbonyl (C=O) groups is 1. The molecule has 0 saturated carbocycles. The fourth-order valence-corrected chi connectivity index (χ4v) is 4.95. The van der Waals surface area contributed by atoms with Crippen molar-refractivity contribution in [2.75, 3.05) is 11.9 Å². The van der Waals surface area contributed by atoms with Crippen LogP contribution in [0.3, 0.4) is 0 Å². The molecule has 0 unspecified atom stereocenters.